The van der Waals surface area contributed by atoms with Crippen LogP contribution < -0.4 is 33.6 Å². The van der Waals surface area contributed by atoms with Crippen LogP contribution in [-0.2, 0) is 0 Å². The van der Waals surface area contributed by atoms with Gasteiger partial charge in [0.1, 0.15) is 24.0 Å². The van der Waals surface area contributed by atoms with E-state index in [2.05, 4.69) is 120 Å². The van der Waals surface area contributed by atoms with E-state index in [4.69, 9.17) is 22.9 Å². The molecule has 0 aliphatic rings. The van der Waals surface area contributed by atoms with Crippen LogP contribution in [-0.4, -0.2) is 39.2 Å². The highest BCUT2D eigenvalue weighted by atomic mass is 15.2. The number of aliphatic imine (C=N–C) groups is 2. The summed E-state index contributed by atoms with van der Waals surface area (Å²) in [5, 5.41) is 11.1. The number of fused-ring (bicyclic) bond motifs is 5. The topological polar surface area (TPSA) is 200 Å². The fourth-order valence-corrected chi connectivity index (χ4v) is 6.00. The van der Waals surface area contributed by atoms with Gasteiger partial charge in [0.15, 0.2) is 11.9 Å². The molecule has 11 nitrogen and oxygen atoms in total. The van der Waals surface area contributed by atoms with Gasteiger partial charge in [-0.15, -0.1) is 0 Å². The van der Waals surface area contributed by atoms with Crippen molar-refractivity contribution in [2.75, 3.05) is 10.6 Å². The average molecular weight is 598 g/mol. The lowest BCUT2D eigenvalue weighted by Gasteiger charge is -2.08. The predicted octanol–water partition coefficient (Wildman–Crippen LogP) is 5.68. The number of rotatable bonds is 8. The van der Waals surface area contributed by atoms with E-state index in [-0.39, 0.29) is 24.3 Å². The van der Waals surface area contributed by atoms with E-state index >= 15 is 0 Å². The van der Waals surface area contributed by atoms with Crippen molar-refractivity contribution in [1.29, 1.82) is 0 Å². The number of nitrogens with zero attached hydrogens (tertiary/aromatic N) is 2. The summed E-state index contributed by atoms with van der Waals surface area (Å²) >= 11 is 0. The van der Waals surface area contributed by atoms with Crippen LogP contribution in [0.15, 0.2) is 94.9 Å². The van der Waals surface area contributed by atoms with Gasteiger partial charge in [-0.25, -0.2) is 9.98 Å². The molecule has 2 unspecified atom stereocenters. The highest BCUT2D eigenvalue weighted by Gasteiger charge is 2.11. The number of aromatic amines is 3. The summed E-state index contributed by atoms with van der Waals surface area (Å²) in [7, 11) is 0. The Balaban J connectivity index is 1.20. The number of aromatic nitrogens is 3. The second-order valence-electron chi connectivity index (χ2n) is 11.4. The van der Waals surface area contributed by atoms with Gasteiger partial charge >= 0.3 is 0 Å². The minimum absolute atomic E-state index is 0.0491. The smallest absolute Gasteiger partial charge is 0.187 e. The molecule has 3 heterocycles. The van der Waals surface area contributed by atoms with Gasteiger partial charge in [-0.2, -0.15) is 0 Å². The highest BCUT2D eigenvalue weighted by Crippen LogP contribution is 2.35. The Hall–Kier alpha value is -6.10. The van der Waals surface area contributed by atoms with Crippen LogP contribution in [0, 0.1) is 0 Å². The zero-order chi connectivity index (χ0) is 31.2. The first kappa shape index (κ1) is 27.7. The van der Waals surface area contributed by atoms with E-state index in [0.29, 0.717) is 0 Å². The van der Waals surface area contributed by atoms with Gasteiger partial charge in [0.2, 0.25) is 0 Å². The molecule has 0 aliphatic heterocycles. The summed E-state index contributed by atoms with van der Waals surface area (Å²) in [4.78, 5) is 18.6. The Labute approximate surface area is 258 Å². The Kier molecular flexibility index (Phi) is 6.70. The van der Waals surface area contributed by atoms with Crippen molar-refractivity contribution in [3.63, 3.8) is 0 Å². The summed E-state index contributed by atoms with van der Waals surface area (Å²) in [5.41, 5.74) is 30.9. The first-order valence-electron chi connectivity index (χ1n) is 14.7. The lowest BCUT2D eigenvalue weighted by atomic mass is 9.99. The maximum absolute atomic E-state index is 5.52. The van der Waals surface area contributed by atoms with Gasteiger partial charge in [-0.1, -0.05) is 24.3 Å². The van der Waals surface area contributed by atoms with Crippen LogP contribution in [0.25, 0.3) is 65.9 Å². The van der Waals surface area contributed by atoms with Crippen LogP contribution in [0.1, 0.15) is 13.8 Å². The number of hydrogen-bond acceptors (Lipinski definition) is 4. The van der Waals surface area contributed by atoms with Crippen LogP contribution in [0.4, 0.5) is 11.6 Å². The van der Waals surface area contributed by atoms with Gasteiger partial charge in [0, 0.05) is 43.6 Å². The second kappa shape index (κ2) is 10.9. The maximum atomic E-state index is 5.52. The van der Waals surface area contributed by atoms with E-state index in [1.807, 2.05) is 13.8 Å². The number of nitrogens with two attached hydrogens (primary N) is 4. The molecular formula is C34H35N11. The normalized spacial score (nSPS) is 12.8. The van der Waals surface area contributed by atoms with Crippen LogP contribution in [0.2, 0.25) is 0 Å². The van der Waals surface area contributed by atoms with E-state index in [1.54, 1.807) is 0 Å². The minimum Gasteiger partial charge on any atom is -0.370 e. The van der Waals surface area contributed by atoms with Crippen molar-refractivity contribution in [3.05, 3.63) is 84.9 Å². The standard InChI is InChI=1S/C34H35N11/c1-17(41-33(35)36)39-31-15-23-11-19(3-7-27(23)44-31)21-5-9-29-25(13-21)26-14-22(6-10-30(26)43-29)20-4-8-28-24(12-20)16-32(45-28)40-18(2)42-34(37)38/h3-18,39-40,43-45H,1-2H3,(H4,35,36,41)(H4,37,38,42). The molecule has 0 aliphatic carbocycles. The van der Waals surface area contributed by atoms with Crippen molar-refractivity contribution >= 4 is 67.2 Å². The van der Waals surface area contributed by atoms with Crippen molar-refractivity contribution in [2.24, 2.45) is 32.9 Å². The Morgan fingerprint density at radius 1 is 0.511 bits per heavy atom. The molecule has 13 N–H and O–H groups in total. The van der Waals surface area contributed by atoms with E-state index in [9.17, 15) is 0 Å². The third kappa shape index (κ3) is 5.54. The molecular weight excluding hydrogens is 562 g/mol. The summed E-state index contributed by atoms with van der Waals surface area (Å²) in [6.07, 6.45) is -0.496. The van der Waals surface area contributed by atoms with E-state index in [0.717, 1.165) is 66.7 Å². The quantitative estimate of drug-likeness (QED) is 0.0796. The molecule has 11 heteroatoms. The molecule has 0 fully saturated rings. The maximum Gasteiger partial charge on any atom is 0.187 e. The van der Waals surface area contributed by atoms with Gasteiger partial charge in [0.05, 0.1) is 0 Å². The number of benzene rings is 4. The molecule has 0 amide bonds. The SMILES string of the molecule is CC(N=C(N)N)Nc1cc2cc(-c3ccc4[nH]c5ccc(-c6ccc7[nH]c(NC(C)N=C(N)N)cc7c6)cc5c4c3)ccc2[nH]1. The summed E-state index contributed by atoms with van der Waals surface area (Å²) in [6.45, 7) is 3.79. The highest BCUT2D eigenvalue weighted by molar-refractivity contribution is 6.10. The third-order valence-electron chi connectivity index (χ3n) is 7.92. The molecule has 0 saturated carbocycles. The zero-order valence-electron chi connectivity index (χ0n) is 24.9. The Bertz CT molecular complexity index is 2100. The van der Waals surface area contributed by atoms with Crippen LogP contribution in [0.3, 0.4) is 0 Å². The van der Waals surface area contributed by atoms with Crippen LogP contribution in [0.5, 0.6) is 0 Å². The van der Waals surface area contributed by atoms with Crippen molar-refractivity contribution in [3.8, 4) is 22.3 Å². The molecule has 2 atom stereocenters. The van der Waals surface area contributed by atoms with Gasteiger partial charge in [-0.3, -0.25) is 0 Å². The number of hydrogen-bond donors (Lipinski definition) is 9. The molecule has 0 radical (unpaired) electrons. The second-order valence-corrected chi connectivity index (χ2v) is 11.4. The van der Waals surface area contributed by atoms with Crippen LogP contribution >= 0.6 is 0 Å². The summed E-state index contributed by atoms with van der Waals surface area (Å²) < 4.78 is 0. The Morgan fingerprint density at radius 3 is 1.29 bits per heavy atom. The molecule has 226 valence electrons. The molecule has 0 bridgehead atoms. The molecule has 0 saturated heterocycles. The fraction of sp³-hybridized carbons (Fsp3) is 0.118. The number of guanidine groups is 2. The molecule has 7 rings (SSSR count). The number of H-pyrrole nitrogens is 3. The largest absolute Gasteiger partial charge is 0.370 e. The lowest BCUT2D eigenvalue weighted by Crippen LogP contribution is -2.27. The molecule has 0 spiro atoms. The zero-order valence-corrected chi connectivity index (χ0v) is 24.9. The van der Waals surface area contributed by atoms with Gasteiger partial charge in [0.25, 0.3) is 0 Å². The molecule has 4 aromatic carbocycles. The van der Waals surface area contributed by atoms with Crippen molar-refractivity contribution in [1.82, 2.24) is 15.0 Å². The number of anilines is 2. The predicted molar refractivity (Wildman–Crippen MR) is 188 cm³/mol. The summed E-state index contributed by atoms with van der Waals surface area (Å²) in [6, 6.07) is 30.1. The molecule has 45 heavy (non-hydrogen) atoms. The first-order chi connectivity index (χ1) is 21.7. The third-order valence-corrected chi connectivity index (χ3v) is 7.92. The lowest BCUT2D eigenvalue weighted by molar-refractivity contribution is 0.843. The fourth-order valence-electron chi connectivity index (χ4n) is 6.00. The van der Waals surface area contributed by atoms with Crippen molar-refractivity contribution in [2.45, 2.75) is 26.2 Å². The molecule has 7 aromatic rings. The van der Waals surface area contributed by atoms with E-state index in [1.165, 1.54) is 10.8 Å². The van der Waals surface area contributed by atoms with Gasteiger partial charge in [-0.05, 0) is 96.8 Å². The van der Waals surface area contributed by atoms with E-state index < -0.39 is 0 Å². The minimum atomic E-state index is -0.248. The first-order valence-corrected chi connectivity index (χ1v) is 14.7. The average Bonchev–Trinajstić information content (AvgIpc) is 3.68. The van der Waals surface area contributed by atoms with Crippen molar-refractivity contribution < 1.29 is 0 Å². The van der Waals surface area contributed by atoms with Gasteiger partial charge < -0.3 is 48.5 Å². The Morgan fingerprint density at radius 2 is 0.889 bits per heavy atom. The molecule has 3 aromatic heterocycles. The summed E-state index contributed by atoms with van der Waals surface area (Å²) in [5.74, 6) is 1.80. The number of nitrogens with one attached hydrogen (secondary N) is 5. The monoisotopic (exact) mass is 597 g/mol.